The van der Waals surface area contributed by atoms with Gasteiger partial charge in [-0.05, 0) is 73.2 Å². The van der Waals surface area contributed by atoms with E-state index in [1.165, 1.54) is 54.6 Å². The molecule has 8 aromatic carbocycles. The lowest BCUT2D eigenvalue weighted by atomic mass is 9.97. The average Bonchev–Trinajstić information content (AvgIpc) is 4.10. The SMILES string of the molecule is CCCOc1c(-c2ccc3c(c2)OC(c2ccccc2)(c2ccccc2)O3)oc2cc(O[C@@H]3OC(COC(=O)c4ccccc4)[C@@H](OC(=O)c4ccccc4)C(OC(=O)c4ccccc4)[C@@H]3OC(=O)c3ccccc3)cc(O)c2c1=O. The summed E-state index contributed by atoms with van der Waals surface area (Å²) in [7, 11) is 0. The van der Waals surface area contributed by atoms with Crippen molar-refractivity contribution in [2.75, 3.05) is 13.2 Å². The number of ether oxygens (including phenoxy) is 9. The molecule has 16 nitrogen and oxygen atoms in total. The van der Waals surface area contributed by atoms with E-state index in [1.807, 2.05) is 67.6 Å². The number of hydrogen-bond acceptors (Lipinski definition) is 16. The molecule has 2 aliphatic rings. The lowest BCUT2D eigenvalue weighted by molar-refractivity contribution is -0.275. The number of phenols is 1. The fraction of sp³-hybridized carbons (Fsp3) is 0.154. The van der Waals surface area contributed by atoms with E-state index in [0.29, 0.717) is 23.5 Å². The van der Waals surface area contributed by atoms with E-state index in [0.717, 1.165) is 17.2 Å². The molecule has 0 amide bonds. The van der Waals surface area contributed by atoms with Crippen molar-refractivity contribution in [2.24, 2.45) is 0 Å². The molecule has 5 atom stereocenters. The van der Waals surface area contributed by atoms with Gasteiger partial charge in [0.1, 0.15) is 35.2 Å². The van der Waals surface area contributed by atoms with E-state index < -0.39 is 78.2 Å². The second-order valence-corrected chi connectivity index (χ2v) is 18.8. The molecule has 0 aliphatic carbocycles. The molecule has 0 bridgehead atoms. The number of esters is 4. The van der Waals surface area contributed by atoms with Crippen molar-refractivity contribution in [3.05, 3.63) is 256 Å². The van der Waals surface area contributed by atoms with Crippen molar-refractivity contribution < 1.29 is 71.3 Å². The third-order valence-corrected chi connectivity index (χ3v) is 13.4. The van der Waals surface area contributed by atoms with Crippen LogP contribution in [0.25, 0.3) is 22.3 Å². The quantitative estimate of drug-likeness (QED) is 0.0666. The standard InChI is InChI=1S/C65H50O16/c1-2-35-72-57-54(67)53-48(66)37-47(38-51(53)75-55(57)44-33-34-49-50(36-44)81-65(80-49,45-29-17-7-18-30-45)46-31-19-8-20-32-46)74-64-59(79-63(71)43-27-15-6-16-28-43)58(78-62(70)42-25-13-5-14-26-42)56(77-61(69)41-23-11-4-12-24-41)52(76-64)39-73-60(68)40-21-9-3-10-22-40/h3-34,36-38,52,56,58-59,64,66H,2,35,39H2,1H3/t52?,56-,58?,59+,64-/m1/s1. The van der Waals surface area contributed by atoms with Crippen LogP contribution >= 0.6 is 0 Å². The first kappa shape index (κ1) is 52.8. The van der Waals surface area contributed by atoms with Crippen LogP contribution in [0.5, 0.6) is 28.7 Å². The van der Waals surface area contributed by atoms with Crippen LogP contribution in [-0.4, -0.2) is 72.9 Å². The zero-order valence-corrected chi connectivity index (χ0v) is 43.3. The molecule has 16 heteroatoms. The largest absolute Gasteiger partial charge is 0.507 e. The smallest absolute Gasteiger partial charge is 0.338 e. The van der Waals surface area contributed by atoms with Gasteiger partial charge in [0.25, 0.3) is 0 Å². The number of fused-ring (bicyclic) bond motifs is 2. The first-order valence-electron chi connectivity index (χ1n) is 26.0. The summed E-state index contributed by atoms with van der Waals surface area (Å²) < 4.78 is 63.6. The maximum Gasteiger partial charge on any atom is 0.338 e. The Kier molecular flexibility index (Phi) is 15.3. The first-order valence-corrected chi connectivity index (χ1v) is 26.0. The van der Waals surface area contributed by atoms with Crippen LogP contribution in [-0.2, 0) is 29.5 Å². The normalized spacial score (nSPS) is 17.8. The van der Waals surface area contributed by atoms with Crippen LogP contribution in [0.1, 0.15) is 65.9 Å². The summed E-state index contributed by atoms with van der Waals surface area (Å²) in [5.41, 5.74) is 1.34. The highest BCUT2D eigenvalue weighted by atomic mass is 16.7. The molecule has 2 aliphatic heterocycles. The Morgan fingerprint density at radius 1 is 0.543 bits per heavy atom. The van der Waals surface area contributed by atoms with Crippen LogP contribution in [0.2, 0.25) is 0 Å². The summed E-state index contributed by atoms with van der Waals surface area (Å²) in [6, 6.07) is 58.2. The van der Waals surface area contributed by atoms with E-state index >= 15 is 0 Å². The lowest BCUT2D eigenvalue weighted by Crippen LogP contribution is -2.63. The molecule has 1 aromatic heterocycles. The minimum Gasteiger partial charge on any atom is -0.507 e. The van der Waals surface area contributed by atoms with E-state index in [4.69, 9.17) is 47.0 Å². The molecule has 1 N–H and O–H groups in total. The van der Waals surface area contributed by atoms with Gasteiger partial charge in [-0.1, -0.05) is 140 Å². The molecule has 406 valence electrons. The molecule has 9 aromatic rings. The molecule has 1 saturated heterocycles. The van der Waals surface area contributed by atoms with Crippen LogP contribution in [0, 0.1) is 0 Å². The molecule has 81 heavy (non-hydrogen) atoms. The van der Waals surface area contributed by atoms with E-state index in [1.54, 1.807) is 91.0 Å². The highest BCUT2D eigenvalue weighted by Gasteiger charge is 2.54. The van der Waals surface area contributed by atoms with Crippen LogP contribution in [0.15, 0.2) is 222 Å². The Balaban J connectivity index is 1.01. The predicted octanol–water partition coefficient (Wildman–Crippen LogP) is 11.3. The van der Waals surface area contributed by atoms with Crippen LogP contribution < -0.4 is 24.4 Å². The van der Waals surface area contributed by atoms with Crippen LogP contribution in [0.4, 0.5) is 0 Å². The van der Waals surface area contributed by atoms with Gasteiger partial charge in [0.05, 0.1) is 28.9 Å². The molecule has 0 radical (unpaired) electrons. The monoisotopic (exact) mass is 1090 g/mol. The number of aromatic hydroxyl groups is 1. The zero-order valence-electron chi connectivity index (χ0n) is 43.3. The Morgan fingerprint density at radius 2 is 1.02 bits per heavy atom. The Labute approximate surface area is 463 Å². The highest BCUT2D eigenvalue weighted by molar-refractivity contribution is 5.92. The van der Waals surface area contributed by atoms with Crippen molar-refractivity contribution in [3.63, 3.8) is 0 Å². The van der Waals surface area contributed by atoms with Gasteiger partial charge in [-0.15, -0.1) is 0 Å². The van der Waals surface area contributed by atoms with E-state index in [-0.39, 0.29) is 57.1 Å². The topological polar surface area (TPSA) is 202 Å². The summed E-state index contributed by atoms with van der Waals surface area (Å²) in [5.74, 6) is -5.18. The number of hydrogen-bond donors (Lipinski definition) is 1. The second kappa shape index (κ2) is 23.4. The fourth-order valence-corrected chi connectivity index (χ4v) is 9.47. The molecule has 1 fully saturated rings. The molecule has 0 saturated carbocycles. The first-order chi connectivity index (χ1) is 39.6. The van der Waals surface area contributed by atoms with Gasteiger partial charge in [0.2, 0.25) is 23.6 Å². The molecular formula is C65H50O16. The fourth-order valence-electron chi connectivity index (χ4n) is 9.47. The Morgan fingerprint density at radius 3 is 1.56 bits per heavy atom. The summed E-state index contributed by atoms with van der Waals surface area (Å²) in [4.78, 5) is 70.8. The van der Waals surface area contributed by atoms with Crippen molar-refractivity contribution in [1.29, 1.82) is 0 Å². The molecule has 0 spiro atoms. The van der Waals surface area contributed by atoms with Gasteiger partial charge in [-0.3, -0.25) is 4.79 Å². The number of carbonyl (C=O) groups excluding carboxylic acids is 4. The van der Waals surface area contributed by atoms with E-state index in [2.05, 4.69) is 0 Å². The van der Waals surface area contributed by atoms with Gasteiger partial charge in [-0.25, -0.2) is 19.2 Å². The van der Waals surface area contributed by atoms with Crippen molar-refractivity contribution in [1.82, 2.24) is 0 Å². The number of phenolic OH excluding ortho intramolecular Hbond substituents is 1. The van der Waals surface area contributed by atoms with Crippen molar-refractivity contribution in [2.45, 2.75) is 49.8 Å². The predicted molar refractivity (Wildman–Crippen MR) is 293 cm³/mol. The van der Waals surface area contributed by atoms with Gasteiger partial charge < -0.3 is 52.2 Å². The second-order valence-electron chi connectivity index (χ2n) is 18.8. The summed E-state index contributed by atoms with van der Waals surface area (Å²) in [6.07, 6.45) is -8.04. The third-order valence-electron chi connectivity index (χ3n) is 13.4. The van der Waals surface area contributed by atoms with Gasteiger partial charge in [0.15, 0.2) is 29.5 Å². The van der Waals surface area contributed by atoms with Crippen molar-refractivity contribution in [3.8, 4) is 40.1 Å². The molecule has 11 rings (SSSR count). The molecule has 3 heterocycles. The maximum atomic E-state index is 14.7. The van der Waals surface area contributed by atoms with Gasteiger partial charge in [-0.2, -0.15) is 0 Å². The Bertz CT molecular complexity index is 3730. The number of rotatable bonds is 17. The van der Waals surface area contributed by atoms with Crippen molar-refractivity contribution >= 4 is 34.8 Å². The molecule has 2 unspecified atom stereocenters. The lowest BCUT2D eigenvalue weighted by Gasteiger charge is -2.44. The highest BCUT2D eigenvalue weighted by Crippen LogP contribution is 2.50. The summed E-state index contributed by atoms with van der Waals surface area (Å²) in [5, 5.41) is 11.6. The number of benzene rings is 8. The average molecular weight is 1090 g/mol. The minimum absolute atomic E-state index is 0.0272. The maximum absolute atomic E-state index is 14.7. The zero-order chi connectivity index (χ0) is 55.9. The minimum atomic E-state index is -1.82. The van der Waals surface area contributed by atoms with Gasteiger partial charge >= 0.3 is 29.7 Å². The number of carbonyl (C=O) groups is 4. The third kappa shape index (κ3) is 11.1. The van der Waals surface area contributed by atoms with Crippen LogP contribution in [0.3, 0.4) is 0 Å². The van der Waals surface area contributed by atoms with E-state index in [9.17, 15) is 29.1 Å². The Hall–Kier alpha value is -10.2. The summed E-state index contributed by atoms with van der Waals surface area (Å²) in [6.45, 7) is 1.35. The van der Waals surface area contributed by atoms with Gasteiger partial charge in [0, 0.05) is 28.8 Å². The molecular weight excluding hydrogens is 1040 g/mol. The summed E-state index contributed by atoms with van der Waals surface area (Å²) >= 11 is 0.